The highest BCUT2D eigenvalue weighted by Crippen LogP contribution is 2.30. The van der Waals surface area contributed by atoms with Crippen molar-refractivity contribution in [1.82, 2.24) is 25.0 Å². The van der Waals surface area contributed by atoms with Crippen molar-refractivity contribution in [2.24, 2.45) is 0 Å². The molecule has 0 spiro atoms. The van der Waals surface area contributed by atoms with Gasteiger partial charge in [0, 0.05) is 32.2 Å². The Labute approximate surface area is 161 Å². The van der Waals surface area contributed by atoms with Crippen LogP contribution in [0.15, 0.2) is 33.8 Å². The van der Waals surface area contributed by atoms with Crippen LogP contribution in [0.4, 0.5) is 0 Å². The van der Waals surface area contributed by atoms with Crippen molar-refractivity contribution >= 4 is 23.4 Å². The van der Waals surface area contributed by atoms with E-state index in [1.807, 2.05) is 31.2 Å². The third-order valence-electron chi connectivity index (χ3n) is 3.70. The fourth-order valence-corrected chi connectivity index (χ4v) is 3.44. The van der Waals surface area contributed by atoms with Crippen LogP contribution in [0.5, 0.6) is 0 Å². The normalized spacial score (nSPS) is 11.2. The standard InChI is InChI=1S/C17H20ClN5O2S/c1-3-14-19-20-15(25-14)11-26-17-22-21-16(23(17)9-6-10-24-2)12-7-4-5-8-13(12)18/h4-5,7-8H,3,6,9-11H2,1-2H3. The predicted octanol–water partition coefficient (Wildman–Crippen LogP) is 3.87. The largest absolute Gasteiger partial charge is 0.424 e. The van der Waals surface area contributed by atoms with E-state index in [0.717, 1.165) is 35.9 Å². The third kappa shape index (κ3) is 4.44. The van der Waals surface area contributed by atoms with Gasteiger partial charge in [0.1, 0.15) is 0 Å². The van der Waals surface area contributed by atoms with Gasteiger partial charge in [-0.1, -0.05) is 42.4 Å². The van der Waals surface area contributed by atoms with Crippen LogP contribution < -0.4 is 0 Å². The van der Waals surface area contributed by atoms with Gasteiger partial charge in [-0.15, -0.1) is 20.4 Å². The summed E-state index contributed by atoms with van der Waals surface area (Å²) >= 11 is 7.86. The monoisotopic (exact) mass is 393 g/mol. The van der Waals surface area contributed by atoms with Crippen molar-refractivity contribution in [3.05, 3.63) is 41.1 Å². The summed E-state index contributed by atoms with van der Waals surface area (Å²) in [5, 5.41) is 18.2. The highest BCUT2D eigenvalue weighted by molar-refractivity contribution is 7.98. The number of aryl methyl sites for hydroxylation is 1. The molecule has 0 amide bonds. The summed E-state index contributed by atoms with van der Waals surface area (Å²) in [6.45, 7) is 3.37. The first-order valence-corrected chi connectivity index (χ1v) is 9.70. The highest BCUT2D eigenvalue weighted by Gasteiger charge is 2.17. The molecule has 0 bridgehead atoms. The van der Waals surface area contributed by atoms with Gasteiger partial charge in [0.05, 0.1) is 10.8 Å². The zero-order valence-electron chi connectivity index (χ0n) is 14.7. The molecule has 0 atom stereocenters. The van der Waals surface area contributed by atoms with E-state index < -0.39 is 0 Å². The lowest BCUT2D eigenvalue weighted by Gasteiger charge is -2.10. The van der Waals surface area contributed by atoms with E-state index in [9.17, 15) is 0 Å². The van der Waals surface area contributed by atoms with Gasteiger partial charge in [0.25, 0.3) is 0 Å². The fraction of sp³-hybridized carbons (Fsp3) is 0.412. The summed E-state index contributed by atoms with van der Waals surface area (Å²) in [5.74, 6) is 2.50. The lowest BCUT2D eigenvalue weighted by molar-refractivity contribution is 0.189. The van der Waals surface area contributed by atoms with Gasteiger partial charge < -0.3 is 13.7 Å². The van der Waals surface area contributed by atoms with Crippen molar-refractivity contribution in [3.8, 4) is 11.4 Å². The van der Waals surface area contributed by atoms with E-state index in [1.165, 1.54) is 11.8 Å². The van der Waals surface area contributed by atoms with Crippen molar-refractivity contribution in [3.63, 3.8) is 0 Å². The van der Waals surface area contributed by atoms with E-state index in [1.54, 1.807) is 7.11 Å². The number of benzene rings is 1. The molecule has 3 rings (SSSR count). The average Bonchev–Trinajstić information content (AvgIpc) is 3.27. The first kappa shape index (κ1) is 18.9. The molecule has 7 nitrogen and oxygen atoms in total. The average molecular weight is 394 g/mol. The maximum atomic E-state index is 6.35. The van der Waals surface area contributed by atoms with Crippen molar-refractivity contribution < 1.29 is 9.15 Å². The third-order valence-corrected chi connectivity index (χ3v) is 4.98. The van der Waals surface area contributed by atoms with Crippen LogP contribution in [0.1, 0.15) is 25.1 Å². The first-order valence-electron chi connectivity index (χ1n) is 8.34. The first-order chi connectivity index (χ1) is 12.7. The van der Waals surface area contributed by atoms with E-state index in [-0.39, 0.29) is 0 Å². The van der Waals surface area contributed by atoms with Crippen LogP contribution >= 0.6 is 23.4 Å². The Balaban J connectivity index is 1.83. The topological polar surface area (TPSA) is 78.9 Å². The molecule has 0 saturated heterocycles. The molecule has 0 unspecified atom stereocenters. The lowest BCUT2D eigenvalue weighted by Crippen LogP contribution is -2.05. The molecule has 26 heavy (non-hydrogen) atoms. The molecule has 9 heteroatoms. The molecule has 0 fully saturated rings. The molecule has 0 aliphatic heterocycles. The second-order valence-corrected chi connectivity index (χ2v) is 6.87. The number of hydrogen-bond acceptors (Lipinski definition) is 7. The van der Waals surface area contributed by atoms with Crippen LogP contribution in [0.2, 0.25) is 5.02 Å². The van der Waals surface area contributed by atoms with E-state index >= 15 is 0 Å². The summed E-state index contributed by atoms with van der Waals surface area (Å²) in [7, 11) is 1.69. The predicted molar refractivity (Wildman–Crippen MR) is 100 cm³/mol. The quantitative estimate of drug-likeness (QED) is 0.403. The van der Waals surface area contributed by atoms with Crippen LogP contribution in [0.3, 0.4) is 0 Å². The molecular weight excluding hydrogens is 374 g/mol. The molecule has 3 aromatic rings. The second kappa shape index (κ2) is 9.16. The van der Waals surface area contributed by atoms with Gasteiger partial charge in [-0.3, -0.25) is 0 Å². The van der Waals surface area contributed by atoms with E-state index in [2.05, 4.69) is 25.0 Å². The SMILES string of the molecule is CCc1nnc(CSc2nnc(-c3ccccc3Cl)n2CCCOC)o1. The van der Waals surface area contributed by atoms with Crippen LogP contribution in [0.25, 0.3) is 11.4 Å². The lowest BCUT2D eigenvalue weighted by atomic mass is 10.2. The highest BCUT2D eigenvalue weighted by atomic mass is 35.5. The number of thioether (sulfide) groups is 1. The number of methoxy groups -OCH3 is 1. The summed E-state index contributed by atoms with van der Waals surface area (Å²) in [6, 6.07) is 7.63. The number of aromatic nitrogens is 5. The van der Waals surface area contributed by atoms with Crippen LogP contribution in [0, 0.1) is 0 Å². The van der Waals surface area contributed by atoms with Crippen LogP contribution in [-0.2, 0) is 23.5 Å². The summed E-state index contributed by atoms with van der Waals surface area (Å²) in [5.41, 5.74) is 0.858. The minimum absolute atomic E-state index is 0.540. The fourth-order valence-electron chi connectivity index (χ4n) is 2.42. The van der Waals surface area contributed by atoms with Gasteiger partial charge >= 0.3 is 0 Å². The molecule has 1 aromatic carbocycles. The maximum Gasteiger partial charge on any atom is 0.226 e. The molecule has 0 saturated carbocycles. The molecule has 2 aromatic heterocycles. The van der Waals surface area contributed by atoms with E-state index in [0.29, 0.717) is 29.2 Å². The molecular formula is C17H20ClN5O2S. The van der Waals surface area contributed by atoms with Crippen molar-refractivity contribution in [2.75, 3.05) is 13.7 Å². The van der Waals surface area contributed by atoms with Gasteiger partial charge in [-0.2, -0.15) is 0 Å². The minimum atomic E-state index is 0.540. The number of hydrogen-bond donors (Lipinski definition) is 0. The Kier molecular flexibility index (Phi) is 6.65. The molecule has 0 aliphatic rings. The van der Waals surface area contributed by atoms with Crippen molar-refractivity contribution in [2.45, 2.75) is 37.2 Å². The minimum Gasteiger partial charge on any atom is -0.424 e. The number of nitrogens with zero attached hydrogens (tertiary/aromatic N) is 5. The van der Waals surface area contributed by atoms with E-state index in [4.69, 9.17) is 20.8 Å². The van der Waals surface area contributed by atoms with Crippen molar-refractivity contribution in [1.29, 1.82) is 0 Å². The number of rotatable bonds is 9. The number of halogens is 1. The zero-order chi connectivity index (χ0) is 18.4. The Morgan fingerprint density at radius 2 is 1.96 bits per heavy atom. The second-order valence-electron chi connectivity index (χ2n) is 5.52. The Bertz CT molecular complexity index is 851. The molecule has 138 valence electrons. The molecule has 0 aliphatic carbocycles. The van der Waals surface area contributed by atoms with Gasteiger partial charge in [0.15, 0.2) is 11.0 Å². The maximum absolute atomic E-state index is 6.35. The molecule has 0 radical (unpaired) electrons. The number of ether oxygens (including phenoxy) is 1. The summed E-state index contributed by atoms with van der Waals surface area (Å²) in [4.78, 5) is 0. The van der Waals surface area contributed by atoms with Gasteiger partial charge in [-0.05, 0) is 18.6 Å². The van der Waals surface area contributed by atoms with Gasteiger partial charge in [-0.25, -0.2) is 0 Å². The summed E-state index contributed by atoms with van der Waals surface area (Å²) < 4.78 is 12.8. The molecule has 0 N–H and O–H groups in total. The molecule has 2 heterocycles. The Morgan fingerprint density at radius 3 is 2.69 bits per heavy atom. The van der Waals surface area contributed by atoms with Crippen LogP contribution in [-0.4, -0.2) is 38.7 Å². The zero-order valence-corrected chi connectivity index (χ0v) is 16.3. The summed E-state index contributed by atoms with van der Waals surface area (Å²) in [6.07, 6.45) is 1.57. The Morgan fingerprint density at radius 1 is 1.15 bits per heavy atom. The van der Waals surface area contributed by atoms with Gasteiger partial charge in [0.2, 0.25) is 11.8 Å². The Hall–Kier alpha value is -1.90. The smallest absolute Gasteiger partial charge is 0.226 e.